The molecule has 0 saturated heterocycles. The monoisotopic (exact) mass is 470 g/mol. The molecule has 5 aromatic rings. The van der Waals surface area contributed by atoms with E-state index in [4.69, 9.17) is 18.6 Å². The second kappa shape index (κ2) is 10.2. The Bertz CT molecular complexity index is 1130. The summed E-state index contributed by atoms with van der Waals surface area (Å²) in [6, 6.07) is 32.7. The molecule has 4 heteroatoms. The van der Waals surface area contributed by atoms with Crippen molar-refractivity contribution in [2.24, 2.45) is 0 Å². The predicted molar refractivity (Wildman–Crippen MR) is 127 cm³/mol. The summed E-state index contributed by atoms with van der Waals surface area (Å²) in [5.41, 5.74) is 1.67. The summed E-state index contributed by atoms with van der Waals surface area (Å²) in [6.07, 6.45) is 3.93. The Morgan fingerprint density at radius 3 is 2.31 bits per heavy atom. The summed E-state index contributed by atoms with van der Waals surface area (Å²) in [6.45, 7) is 0. The van der Waals surface area contributed by atoms with E-state index < -0.39 is 17.0 Å². The van der Waals surface area contributed by atoms with Crippen LogP contribution in [0.1, 0.15) is 17.3 Å². The van der Waals surface area contributed by atoms with Gasteiger partial charge in [-0.15, -0.1) is 42.6 Å². The third kappa shape index (κ3) is 4.58. The molecule has 0 N–H and O–H groups in total. The molecule has 0 saturated carbocycles. The average Bonchev–Trinajstić information content (AvgIpc) is 3.53. The van der Waals surface area contributed by atoms with Crippen molar-refractivity contribution in [3.8, 4) is 5.30 Å². The molecule has 0 nitrogen and oxygen atoms in total. The van der Waals surface area contributed by atoms with Crippen LogP contribution in [-0.4, -0.2) is 0 Å². The van der Waals surface area contributed by atoms with Crippen molar-refractivity contribution in [1.82, 2.24) is 0 Å². The van der Waals surface area contributed by atoms with Crippen LogP contribution in [-0.2, 0) is 29.9 Å². The Hall–Kier alpha value is -1.27. The predicted octanol–water partition coefficient (Wildman–Crippen LogP) is 8.96. The van der Waals surface area contributed by atoms with Crippen molar-refractivity contribution >= 4 is 47.4 Å². The van der Waals surface area contributed by atoms with Crippen LogP contribution in [0.2, 0.25) is 0 Å². The third-order valence-electron chi connectivity index (χ3n) is 5.35. The fraction of sp³-hybridized carbons (Fsp3) is 0.120. The normalized spacial score (nSPS) is 12.7. The Morgan fingerprint density at radius 1 is 0.862 bits per heavy atom. The largest absolute Gasteiger partial charge is 0.214 e. The molecule has 6 rings (SSSR count). The Labute approximate surface area is 189 Å². The minimum atomic E-state index is -0.556. The number of fused-ring (bicyclic) bond motifs is 4. The van der Waals surface area contributed by atoms with E-state index in [2.05, 4.69) is 60.7 Å². The van der Waals surface area contributed by atoms with Crippen LogP contribution in [0.4, 0.5) is 0 Å². The summed E-state index contributed by atoms with van der Waals surface area (Å²) < 4.78 is 0. The van der Waals surface area contributed by atoms with Crippen LogP contribution in [0.15, 0.2) is 91.0 Å². The quantitative estimate of drug-likeness (QED) is 0.169. The van der Waals surface area contributed by atoms with Crippen molar-refractivity contribution in [3.63, 3.8) is 0 Å². The second-order valence-electron chi connectivity index (χ2n) is 7.01. The number of hydrogen-bond donors (Lipinski definition) is 0. The number of rotatable bonds is 1. The zero-order chi connectivity index (χ0) is 20.1. The van der Waals surface area contributed by atoms with Crippen LogP contribution in [0.5, 0.6) is 0 Å². The van der Waals surface area contributed by atoms with Gasteiger partial charge in [-0.05, 0) is 35.5 Å². The van der Waals surface area contributed by atoms with E-state index in [9.17, 15) is 0 Å². The molecule has 0 bridgehead atoms. The molecule has 1 heterocycles. The van der Waals surface area contributed by atoms with E-state index in [0.29, 0.717) is 0 Å². The molecule has 0 amide bonds. The zero-order valence-corrected chi connectivity index (χ0v) is 20.0. The summed E-state index contributed by atoms with van der Waals surface area (Å²) in [5, 5.41) is 9.21. The molecule has 1 aliphatic carbocycles. The van der Waals surface area contributed by atoms with Crippen LogP contribution in [0.3, 0.4) is 0 Å². The maximum absolute atomic E-state index is 4.89. The molecule has 1 aromatic heterocycles. The fourth-order valence-electron chi connectivity index (χ4n) is 4.21. The maximum atomic E-state index is 4.89. The third-order valence-corrected chi connectivity index (χ3v) is 8.02. The van der Waals surface area contributed by atoms with Gasteiger partial charge < -0.3 is 0 Å². The summed E-state index contributed by atoms with van der Waals surface area (Å²) in [5.74, 6) is 0. The van der Waals surface area contributed by atoms with Crippen LogP contribution < -0.4 is 0 Å². The summed E-state index contributed by atoms with van der Waals surface area (Å²) in [7, 11) is 9.51. The van der Waals surface area contributed by atoms with Crippen LogP contribution in [0.25, 0.3) is 26.6 Å². The first-order valence-electron chi connectivity index (χ1n) is 9.73. The molecule has 1 unspecified atom stereocenters. The first kappa shape index (κ1) is 21.0. The average molecular weight is 471 g/mol. The van der Waals surface area contributed by atoms with Gasteiger partial charge in [-0.3, -0.25) is 0 Å². The Kier molecular flexibility index (Phi) is 7.36. The second-order valence-corrected chi connectivity index (χ2v) is 11.8. The van der Waals surface area contributed by atoms with Crippen molar-refractivity contribution in [3.05, 3.63) is 102 Å². The minimum Gasteiger partial charge on any atom is -0.214 e. The van der Waals surface area contributed by atoms with Gasteiger partial charge in [-0.1, -0.05) is 35.6 Å². The van der Waals surface area contributed by atoms with Gasteiger partial charge in [-0.25, -0.2) is 12.1 Å². The van der Waals surface area contributed by atoms with Crippen molar-refractivity contribution in [2.75, 3.05) is 0 Å². The number of halogens is 2. The molecule has 0 fully saturated rings. The van der Waals surface area contributed by atoms with Gasteiger partial charge in [0.25, 0.3) is 0 Å². The first-order chi connectivity index (χ1) is 14.3. The van der Waals surface area contributed by atoms with Gasteiger partial charge in [-0.2, -0.15) is 24.3 Å². The molecule has 0 aliphatic heterocycles. The molecule has 4 aromatic carbocycles. The topological polar surface area (TPSA) is 0 Å². The standard InChI is InChI=1S/C20H16P.C5H5.2ClH.Ti/c1-2-7-15-13-16(12-14(15)6-1)21-19-10-4-3-8-17(19)18-9-5-11-20(18)21;1-2-4-5-3-1;;;/h1-4,6-8,10,12-13H,5,9,11H2;1-5H;2*1H;/q2*-1;;;+2/p-2. The Morgan fingerprint density at radius 2 is 1.59 bits per heavy atom. The van der Waals surface area contributed by atoms with E-state index in [1.54, 1.807) is 26.7 Å². The number of benzene rings is 2. The van der Waals surface area contributed by atoms with Gasteiger partial charge in [0, 0.05) is 5.12 Å². The SMILES string of the molecule is [Cl][Ti][Cl].c1cc[cH-]c1.c1ccc2[cH-]c(-p3c4c(c5ccccc53)CCC4)cc2c1. The molecule has 1 atom stereocenters. The Balaban J connectivity index is 0.000000218. The molecule has 29 heavy (non-hydrogen) atoms. The summed E-state index contributed by atoms with van der Waals surface area (Å²) in [4.78, 5) is 0. The zero-order valence-electron chi connectivity index (χ0n) is 16.0. The molecular weight excluding hydrogens is 450 g/mol. The number of aryl methyl sites for hydroxylation is 1. The van der Waals surface area contributed by atoms with Gasteiger partial charge in [0.2, 0.25) is 0 Å². The summed E-state index contributed by atoms with van der Waals surface area (Å²) >= 11 is -0.556. The maximum Gasteiger partial charge on any atom is 0.00467 e. The van der Waals surface area contributed by atoms with E-state index in [-0.39, 0.29) is 7.53 Å². The minimum absolute atomic E-state index is 0.264. The van der Waals surface area contributed by atoms with E-state index >= 15 is 0 Å². The number of hydrogen-bond acceptors (Lipinski definition) is 0. The van der Waals surface area contributed by atoms with Gasteiger partial charge >= 0.3 is 35.6 Å². The van der Waals surface area contributed by atoms with Crippen molar-refractivity contribution in [2.45, 2.75) is 19.3 Å². The molecule has 0 radical (unpaired) electrons. The van der Waals surface area contributed by atoms with E-state index in [0.717, 1.165) is 0 Å². The van der Waals surface area contributed by atoms with Crippen molar-refractivity contribution in [1.29, 1.82) is 0 Å². The fourth-order valence-corrected chi connectivity index (χ4v) is 7.20. The first-order valence-corrected chi connectivity index (χ1v) is 15.4. The van der Waals surface area contributed by atoms with E-state index in [1.165, 1.54) is 30.0 Å². The van der Waals surface area contributed by atoms with Crippen LogP contribution in [0, 0.1) is 0 Å². The molecule has 0 spiro atoms. The van der Waals surface area contributed by atoms with Gasteiger partial charge in [0.15, 0.2) is 0 Å². The van der Waals surface area contributed by atoms with Gasteiger partial charge in [0.05, 0.1) is 0 Å². The smallest absolute Gasteiger partial charge is 0.00467 e. The van der Waals surface area contributed by atoms with Gasteiger partial charge in [0.1, 0.15) is 0 Å². The van der Waals surface area contributed by atoms with Crippen LogP contribution >= 0.6 is 26.1 Å². The van der Waals surface area contributed by atoms with E-state index in [1.807, 2.05) is 30.3 Å². The molecular formula is C25H21Cl2PTi-2. The van der Waals surface area contributed by atoms with Crippen molar-refractivity contribution < 1.29 is 17.0 Å². The molecule has 1 aliphatic rings. The molecule has 146 valence electrons.